The van der Waals surface area contributed by atoms with E-state index in [-0.39, 0.29) is 18.3 Å². The van der Waals surface area contributed by atoms with E-state index in [4.69, 9.17) is 4.98 Å². The van der Waals surface area contributed by atoms with Gasteiger partial charge in [-0.1, -0.05) is 37.3 Å². The van der Waals surface area contributed by atoms with Crippen molar-refractivity contribution < 1.29 is 4.79 Å². The Hall–Kier alpha value is -1.73. The third-order valence-corrected chi connectivity index (χ3v) is 6.84. The number of benzene rings is 1. The van der Waals surface area contributed by atoms with Crippen molar-refractivity contribution in [1.82, 2.24) is 9.88 Å². The van der Waals surface area contributed by atoms with E-state index in [9.17, 15) is 4.79 Å². The predicted octanol–water partition coefficient (Wildman–Crippen LogP) is 5.78. The van der Waals surface area contributed by atoms with Crippen LogP contribution in [-0.4, -0.2) is 42.0 Å². The molecule has 0 radical (unpaired) electrons. The summed E-state index contributed by atoms with van der Waals surface area (Å²) in [5.41, 5.74) is 3.38. The second-order valence-corrected chi connectivity index (χ2v) is 8.75. The quantitative estimate of drug-likeness (QED) is 0.408. The topological polar surface area (TPSA) is 36.4 Å². The minimum atomic E-state index is -0.0195. The molecule has 0 bridgehead atoms. The van der Waals surface area contributed by atoms with Crippen molar-refractivity contribution in [2.75, 3.05) is 31.1 Å². The Morgan fingerprint density at radius 1 is 1.17 bits per heavy atom. The summed E-state index contributed by atoms with van der Waals surface area (Å²) in [6.07, 6.45) is 3.55. The number of aryl methyl sites for hydroxylation is 2. The van der Waals surface area contributed by atoms with E-state index in [1.54, 1.807) is 28.7 Å². The molecule has 0 unspecified atom stereocenters. The van der Waals surface area contributed by atoms with E-state index in [2.05, 4.69) is 44.7 Å². The third-order valence-electron chi connectivity index (χ3n) is 4.77. The van der Waals surface area contributed by atoms with Gasteiger partial charge in [0.05, 0.1) is 10.2 Å². The smallest absolute Gasteiger partial charge is 0.252 e. The SMILES string of the molecule is CCN(CC)CCN(C(=O)C=Cc1cccs1)c1nc2cc(C)cc(C)c2s1.Cl. The van der Waals surface area contributed by atoms with Crippen LogP contribution in [-0.2, 0) is 4.79 Å². The molecule has 2 aromatic heterocycles. The normalized spacial score (nSPS) is 11.3. The van der Waals surface area contributed by atoms with Gasteiger partial charge in [0.15, 0.2) is 5.13 Å². The molecule has 0 aliphatic rings. The van der Waals surface area contributed by atoms with Gasteiger partial charge in [0, 0.05) is 24.0 Å². The Bertz CT molecular complexity index is 962. The van der Waals surface area contributed by atoms with E-state index in [1.807, 2.05) is 28.5 Å². The van der Waals surface area contributed by atoms with Gasteiger partial charge in [0.2, 0.25) is 0 Å². The highest BCUT2D eigenvalue weighted by Crippen LogP contribution is 2.32. The van der Waals surface area contributed by atoms with Crippen LogP contribution in [0.15, 0.2) is 35.7 Å². The molecule has 29 heavy (non-hydrogen) atoms. The first kappa shape index (κ1) is 23.5. The third kappa shape index (κ3) is 5.89. The number of hydrogen-bond acceptors (Lipinski definition) is 5. The van der Waals surface area contributed by atoms with Gasteiger partial charge in [-0.05, 0) is 61.7 Å². The molecule has 0 spiro atoms. The number of aromatic nitrogens is 1. The molecule has 0 atom stereocenters. The molecule has 0 N–H and O–H groups in total. The maximum atomic E-state index is 13.0. The Morgan fingerprint density at radius 2 is 1.93 bits per heavy atom. The molecular weight excluding hydrogens is 422 g/mol. The van der Waals surface area contributed by atoms with E-state index >= 15 is 0 Å². The fraction of sp³-hybridized carbons (Fsp3) is 0.364. The summed E-state index contributed by atoms with van der Waals surface area (Å²) in [5.74, 6) is -0.0195. The van der Waals surface area contributed by atoms with E-state index < -0.39 is 0 Å². The average Bonchev–Trinajstić information content (AvgIpc) is 3.33. The standard InChI is InChI=1S/C22H27N3OS2.ClH/c1-5-24(6-2)11-12-25(20(26)10-9-18-8-7-13-27-18)22-23-19-15-16(3)14-17(4)21(19)28-22;/h7-10,13-15H,5-6,11-12H2,1-4H3;1H. The second-order valence-electron chi connectivity index (χ2n) is 6.79. The van der Waals surface area contributed by atoms with Crippen LogP contribution in [0.1, 0.15) is 29.9 Å². The summed E-state index contributed by atoms with van der Waals surface area (Å²) < 4.78 is 1.16. The minimum absolute atomic E-state index is 0. The molecule has 0 saturated heterocycles. The molecule has 2 heterocycles. The first-order valence-corrected chi connectivity index (χ1v) is 11.3. The Balaban J connectivity index is 0.00000300. The largest absolute Gasteiger partial charge is 0.302 e. The highest BCUT2D eigenvalue weighted by molar-refractivity contribution is 7.22. The summed E-state index contributed by atoms with van der Waals surface area (Å²) in [7, 11) is 0. The maximum Gasteiger partial charge on any atom is 0.252 e. The minimum Gasteiger partial charge on any atom is -0.302 e. The van der Waals surface area contributed by atoms with Crippen LogP contribution in [0.5, 0.6) is 0 Å². The summed E-state index contributed by atoms with van der Waals surface area (Å²) in [6.45, 7) is 11.9. The molecule has 7 heteroatoms. The molecule has 4 nitrogen and oxygen atoms in total. The number of likely N-dealkylation sites (N-methyl/N-ethyl adjacent to an activating group) is 1. The van der Waals surface area contributed by atoms with E-state index in [0.717, 1.165) is 39.9 Å². The molecule has 0 fully saturated rings. The number of amides is 1. The van der Waals surface area contributed by atoms with Crippen molar-refractivity contribution in [1.29, 1.82) is 0 Å². The summed E-state index contributed by atoms with van der Waals surface area (Å²) in [4.78, 5) is 23.1. The fourth-order valence-electron chi connectivity index (χ4n) is 3.19. The van der Waals surface area contributed by atoms with Gasteiger partial charge in [0.25, 0.3) is 5.91 Å². The maximum absolute atomic E-state index is 13.0. The zero-order valence-electron chi connectivity index (χ0n) is 17.3. The van der Waals surface area contributed by atoms with Crippen molar-refractivity contribution in [3.05, 3.63) is 51.7 Å². The van der Waals surface area contributed by atoms with Gasteiger partial charge in [-0.3, -0.25) is 9.69 Å². The van der Waals surface area contributed by atoms with Crippen LogP contribution < -0.4 is 4.90 Å². The van der Waals surface area contributed by atoms with Crippen molar-refractivity contribution in [3.8, 4) is 0 Å². The highest BCUT2D eigenvalue weighted by atomic mass is 35.5. The Kier molecular flexibility index (Phi) is 8.83. The van der Waals surface area contributed by atoms with Crippen LogP contribution in [0.3, 0.4) is 0 Å². The lowest BCUT2D eigenvalue weighted by atomic mass is 10.1. The molecule has 156 valence electrons. The summed E-state index contributed by atoms with van der Waals surface area (Å²) in [6, 6.07) is 8.27. The first-order valence-electron chi connectivity index (χ1n) is 9.65. The van der Waals surface area contributed by atoms with Gasteiger partial charge in [0.1, 0.15) is 0 Å². The molecule has 0 aliphatic heterocycles. The van der Waals surface area contributed by atoms with Crippen molar-refractivity contribution in [3.63, 3.8) is 0 Å². The van der Waals surface area contributed by atoms with E-state index in [1.165, 1.54) is 11.1 Å². The lowest BCUT2D eigenvalue weighted by Crippen LogP contribution is -2.38. The number of fused-ring (bicyclic) bond motifs is 1. The molecule has 1 amide bonds. The van der Waals surface area contributed by atoms with Gasteiger partial charge in [-0.15, -0.1) is 23.7 Å². The van der Waals surface area contributed by atoms with Crippen LogP contribution >= 0.6 is 35.1 Å². The number of anilines is 1. The number of carbonyl (C=O) groups excluding carboxylic acids is 1. The number of nitrogens with zero attached hydrogens (tertiary/aromatic N) is 3. The zero-order valence-corrected chi connectivity index (χ0v) is 19.8. The average molecular weight is 450 g/mol. The van der Waals surface area contributed by atoms with Crippen molar-refractivity contribution in [2.45, 2.75) is 27.7 Å². The van der Waals surface area contributed by atoms with Crippen LogP contribution in [0.25, 0.3) is 16.3 Å². The van der Waals surface area contributed by atoms with Crippen molar-refractivity contribution >= 4 is 62.4 Å². The Morgan fingerprint density at radius 3 is 2.59 bits per heavy atom. The highest BCUT2D eigenvalue weighted by Gasteiger charge is 2.19. The number of thiazole rings is 1. The van der Waals surface area contributed by atoms with Gasteiger partial charge >= 0.3 is 0 Å². The van der Waals surface area contributed by atoms with E-state index in [0.29, 0.717) is 6.54 Å². The Labute approximate surface area is 187 Å². The molecule has 3 rings (SSSR count). The van der Waals surface area contributed by atoms with Gasteiger partial charge in [-0.2, -0.15) is 0 Å². The molecule has 0 aliphatic carbocycles. The second kappa shape index (κ2) is 10.9. The van der Waals surface area contributed by atoms with Crippen LogP contribution in [0.4, 0.5) is 5.13 Å². The first-order chi connectivity index (χ1) is 13.5. The number of rotatable bonds is 8. The molecule has 3 aromatic rings. The zero-order chi connectivity index (χ0) is 20.1. The molecule has 0 saturated carbocycles. The lowest BCUT2D eigenvalue weighted by molar-refractivity contribution is -0.114. The predicted molar refractivity (Wildman–Crippen MR) is 130 cm³/mol. The van der Waals surface area contributed by atoms with Gasteiger partial charge < -0.3 is 4.90 Å². The fourth-order valence-corrected chi connectivity index (χ4v) is 4.86. The number of halogens is 1. The van der Waals surface area contributed by atoms with Crippen LogP contribution in [0.2, 0.25) is 0 Å². The lowest BCUT2D eigenvalue weighted by Gasteiger charge is -2.23. The molecule has 1 aromatic carbocycles. The van der Waals surface area contributed by atoms with Gasteiger partial charge in [-0.25, -0.2) is 4.98 Å². The number of hydrogen-bond donors (Lipinski definition) is 0. The van der Waals surface area contributed by atoms with Crippen molar-refractivity contribution in [2.24, 2.45) is 0 Å². The summed E-state index contributed by atoms with van der Waals surface area (Å²) in [5, 5.41) is 2.79. The molecular formula is C22H28ClN3OS2. The number of thiophene rings is 1. The van der Waals surface area contributed by atoms with Crippen LogP contribution in [0, 0.1) is 13.8 Å². The number of carbonyl (C=O) groups is 1. The monoisotopic (exact) mass is 449 g/mol. The summed E-state index contributed by atoms with van der Waals surface area (Å²) >= 11 is 3.23.